The van der Waals surface area contributed by atoms with Gasteiger partial charge >= 0.3 is 0 Å². The minimum Gasteiger partial charge on any atom is -0.495 e. The quantitative estimate of drug-likeness (QED) is 0.924. The Bertz CT molecular complexity index is 404. The number of nitrogens with two attached hydrogens (primary N) is 1. The molecule has 0 unspecified atom stereocenters. The predicted molar refractivity (Wildman–Crippen MR) is 65.1 cm³/mol. The Morgan fingerprint density at radius 3 is 2.75 bits per heavy atom. The van der Waals surface area contributed by atoms with Crippen LogP contribution >= 0.6 is 15.9 Å². The van der Waals surface area contributed by atoms with E-state index in [1.165, 1.54) is 7.11 Å². The van der Waals surface area contributed by atoms with E-state index in [9.17, 15) is 4.39 Å². The molecular weight excluding hydrogens is 273 g/mol. The first-order valence-corrected chi connectivity index (χ1v) is 6.14. The van der Waals surface area contributed by atoms with E-state index in [-0.39, 0.29) is 11.4 Å². The van der Waals surface area contributed by atoms with Gasteiger partial charge in [-0.3, -0.25) is 0 Å². The fourth-order valence-corrected chi connectivity index (χ4v) is 2.10. The first-order chi connectivity index (χ1) is 7.54. The molecular formula is C12H15BrFNO. The summed E-state index contributed by atoms with van der Waals surface area (Å²) in [6, 6.07) is 3.40. The van der Waals surface area contributed by atoms with E-state index in [1.807, 2.05) is 6.07 Å². The standard InChI is InChI=1S/C12H15BrFNO/c1-16-10-7-8(6-9(14)11(10)13)2-3-12(15)4-5-12/h6-7H,2-5,15H2,1H3. The number of aryl methyl sites for hydroxylation is 1. The number of halogens is 2. The maximum Gasteiger partial charge on any atom is 0.141 e. The highest BCUT2D eigenvalue weighted by Crippen LogP contribution is 2.37. The molecule has 1 saturated carbocycles. The highest BCUT2D eigenvalue weighted by Gasteiger charge is 2.37. The molecule has 0 saturated heterocycles. The van der Waals surface area contributed by atoms with Crippen LogP contribution in [0.15, 0.2) is 16.6 Å². The van der Waals surface area contributed by atoms with E-state index in [0.29, 0.717) is 10.2 Å². The van der Waals surface area contributed by atoms with E-state index in [4.69, 9.17) is 10.5 Å². The van der Waals surface area contributed by atoms with Gasteiger partial charge in [-0.05, 0) is 59.3 Å². The van der Waals surface area contributed by atoms with Gasteiger partial charge < -0.3 is 10.5 Å². The van der Waals surface area contributed by atoms with Crippen LogP contribution in [0.1, 0.15) is 24.8 Å². The molecule has 0 heterocycles. The molecule has 0 radical (unpaired) electrons. The molecule has 1 fully saturated rings. The summed E-state index contributed by atoms with van der Waals surface area (Å²) in [4.78, 5) is 0. The molecule has 88 valence electrons. The third kappa shape index (κ3) is 2.55. The van der Waals surface area contributed by atoms with Crippen molar-refractivity contribution in [2.45, 2.75) is 31.2 Å². The monoisotopic (exact) mass is 287 g/mol. The van der Waals surface area contributed by atoms with Crippen LogP contribution in [0.3, 0.4) is 0 Å². The van der Waals surface area contributed by atoms with Crippen LogP contribution in [-0.2, 0) is 6.42 Å². The number of benzene rings is 1. The zero-order valence-corrected chi connectivity index (χ0v) is 10.8. The molecule has 4 heteroatoms. The molecule has 2 rings (SSSR count). The number of rotatable bonds is 4. The smallest absolute Gasteiger partial charge is 0.141 e. The largest absolute Gasteiger partial charge is 0.495 e. The van der Waals surface area contributed by atoms with E-state index in [0.717, 1.165) is 31.2 Å². The average molecular weight is 288 g/mol. The molecule has 0 atom stereocenters. The van der Waals surface area contributed by atoms with Crippen molar-refractivity contribution < 1.29 is 9.13 Å². The number of hydrogen-bond donors (Lipinski definition) is 1. The fourth-order valence-electron chi connectivity index (χ4n) is 1.71. The van der Waals surface area contributed by atoms with Gasteiger partial charge in [0.05, 0.1) is 11.6 Å². The zero-order chi connectivity index (χ0) is 11.8. The topological polar surface area (TPSA) is 35.2 Å². The van der Waals surface area contributed by atoms with Gasteiger partial charge in [0.1, 0.15) is 11.6 Å². The van der Waals surface area contributed by atoms with Gasteiger partial charge in [0.2, 0.25) is 0 Å². The summed E-state index contributed by atoms with van der Waals surface area (Å²) >= 11 is 3.15. The minimum atomic E-state index is -0.281. The molecule has 0 amide bonds. The summed E-state index contributed by atoms with van der Waals surface area (Å²) in [5.74, 6) is 0.257. The molecule has 0 bridgehead atoms. The molecule has 1 aromatic rings. The molecule has 2 nitrogen and oxygen atoms in total. The van der Waals surface area contributed by atoms with Crippen molar-refractivity contribution in [3.63, 3.8) is 0 Å². The van der Waals surface area contributed by atoms with E-state index in [2.05, 4.69) is 15.9 Å². The third-order valence-corrected chi connectivity index (χ3v) is 3.85. The molecule has 1 aromatic carbocycles. The maximum absolute atomic E-state index is 13.5. The van der Waals surface area contributed by atoms with Crippen molar-refractivity contribution in [1.29, 1.82) is 0 Å². The molecule has 1 aliphatic rings. The summed E-state index contributed by atoms with van der Waals surface area (Å²) in [7, 11) is 1.54. The van der Waals surface area contributed by atoms with Crippen LogP contribution in [0.2, 0.25) is 0 Å². The van der Waals surface area contributed by atoms with Crippen LogP contribution in [0, 0.1) is 5.82 Å². The predicted octanol–water partition coefficient (Wildman–Crippen LogP) is 3.02. The van der Waals surface area contributed by atoms with Crippen LogP contribution in [0.4, 0.5) is 4.39 Å². The van der Waals surface area contributed by atoms with E-state index < -0.39 is 0 Å². The van der Waals surface area contributed by atoms with Crippen molar-refractivity contribution in [3.05, 3.63) is 28.0 Å². The number of hydrogen-bond acceptors (Lipinski definition) is 2. The Morgan fingerprint density at radius 2 is 2.19 bits per heavy atom. The van der Waals surface area contributed by atoms with Crippen molar-refractivity contribution in [2.75, 3.05) is 7.11 Å². The second-order valence-electron chi connectivity index (χ2n) is 4.46. The lowest BCUT2D eigenvalue weighted by molar-refractivity contribution is 0.407. The van der Waals surface area contributed by atoms with Gasteiger partial charge in [-0.15, -0.1) is 0 Å². The van der Waals surface area contributed by atoms with Crippen LogP contribution in [-0.4, -0.2) is 12.6 Å². The lowest BCUT2D eigenvalue weighted by atomic mass is 10.0. The summed E-state index contributed by atoms with van der Waals surface area (Å²) in [6.07, 6.45) is 3.89. The normalized spacial score (nSPS) is 17.2. The average Bonchev–Trinajstić information content (AvgIpc) is 2.99. The Balaban J connectivity index is 2.11. The van der Waals surface area contributed by atoms with Gasteiger partial charge in [0.25, 0.3) is 0 Å². The summed E-state index contributed by atoms with van der Waals surface area (Å²) in [5.41, 5.74) is 6.95. The van der Waals surface area contributed by atoms with Crippen molar-refractivity contribution >= 4 is 15.9 Å². The maximum atomic E-state index is 13.5. The molecule has 0 aliphatic heterocycles. The lowest BCUT2D eigenvalue weighted by Gasteiger charge is -2.10. The first kappa shape index (κ1) is 11.9. The molecule has 1 aliphatic carbocycles. The summed E-state index contributed by atoms with van der Waals surface area (Å²) < 4.78 is 19.0. The third-order valence-electron chi connectivity index (χ3n) is 3.08. The Hall–Kier alpha value is -0.610. The Labute approximate surface area is 103 Å². The Kier molecular flexibility index (Phi) is 3.22. The van der Waals surface area contributed by atoms with E-state index >= 15 is 0 Å². The second kappa shape index (κ2) is 4.34. The lowest BCUT2D eigenvalue weighted by Crippen LogP contribution is -2.22. The second-order valence-corrected chi connectivity index (χ2v) is 5.25. The van der Waals surface area contributed by atoms with Crippen molar-refractivity contribution in [3.8, 4) is 5.75 Å². The summed E-state index contributed by atoms with van der Waals surface area (Å²) in [6.45, 7) is 0. The van der Waals surface area contributed by atoms with Gasteiger partial charge in [-0.1, -0.05) is 0 Å². The highest BCUT2D eigenvalue weighted by molar-refractivity contribution is 9.10. The van der Waals surface area contributed by atoms with Gasteiger partial charge in [0, 0.05) is 5.54 Å². The van der Waals surface area contributed by atoms with E-state index in [1.54, 1.807) is 6.07 Å². The van der Waals surface area contributed by atoms with Gasteiger partial charge in [0.15, 0.2) is 0 Å². The van der Waals surface area contributed by atoms with Crippen molar-refractivity contribution in [1.82, 2.24) is 0 Å². The number of ether oxygens (including phenoxy) is 1. The van der Waals surface area contributed by atoms with Crippen LogP contribution in [0.5, 0.6) is 5.75 Å². The molecule has 2 N–H and O–H groups in total. The SMILES string of the molecule is COc1cc(CCC2(N)CC2)cc(F)c1Br. The van der Waals surface area contributed by atoms with Crippen molar-refractivity contribution in [2.24, 2.45) is 5.73 Å². The van der Waals surface area contributed by atoms with Gasteiger partial charge in [-0.25, -0.2) is 4.39 Å². The molecule has 0 aromatic heterocycles. The molecule has 0 spiro atoms. The Morgan fingerprint density at radius 1 is 1.50 bits per heavy atom. The highest BCUT2D eigenvalue weighted by atomic mass is 79.9. The minimum absolute atomic E-state index is 0.0107. The van der Waals surface area contributed by atoms with Gasteiger partial charge in [-0.2, -0.15) is 0 Å². The van der Waals surface area contributed by atoms with Crippen LogP contribution in [0.25, 0.3) is 0 Å². The summed E-state index contributed by atoms with van der Waals surface area (Å²) in [5, 5.41) is 0. The van der Waals surface area contributed by atoms with Crippen LogP contribution < -0.4 is 10.5 Å². The molecule has 16 heavy (non-hydrogen) atoms. The number of methoxy groups -OCH3 is 1. The fraction of sp³-hybridized carbons (Fsp3) is 0.500. The zero-order valence-electron chi connectivity index (χ0n) is 9.22. The first-order valence-electron chi connectivity index (χ1n) is 5.35.